The molecule has 0 aromatic carbocycles. The van der Waals surface area contributed by atoms with E-state index in [-0.39, 0.29) is 5.69 Å². The van der Waals surface area contributed by atoms with Gasteiger partial charge in [0, 0.05) is 6.07 Å². The van der Waals surface area contributed by atoms with Crippen molar-refractivity contribution in [3.05, 3.63) is 27.9 Å². The van der Waals surface area contributed by atoms with E-state index in [0.29, 0.717) is 17.1 Å². The maximum Gasteiger partial charge on any atom is 0.317 e. The van der Waals surface area contributed by atoms with Gasteiger partial charge in [-0.3, -0.25) is 14.9 Å². The highest BCUT2D eigenvalue weighted by Gasteiger charge is 2.19. The predicted molar refractivity (Wildman–Crippen MR) is 63.2 cm³/mol. The number of pyridine rings is 1. The number of aromatic nitrogens is 1. The van der Waals surface area contributed by atoms with E-state index in [2.05, 4.69) is 4.98 Å². The number of carboxylic acids is 1. The molecule has 0 spiro atoms. The lowest BCUT2D eigenvalue weighted by atomic mass is 10.3. The van der Waals surface area contributed by atoms with E-state index < -0.39 is 16.1 Å². The molecule has 1 N–H and O–H groups in total. The monoisotopic (exact) mass is 256 g/mol. The Morgan fingerprint density at radius 3 is 2.71 bits per heavy atom. The average Bonchev–Trinajstić information content (AvgIpc) is 2.24. The number of nitro groups is 1. The normalized spacial score (nSPS) is 12.1. The molecule has 0 saturated heterocycles. The Labute approximate surface area is 102 Å². The van der Waals surface area contributed by atoms with Crippen LogP contribution >= 0.6 is 11.8 Å². The zero-order chi connectivity index (χ0) is 13.0. The minimum atomic E-state index is -0.907. The number of rotatable bonds is 5. The quantitative estimate of drug-likeness (QED) is 0.493. The molecule has 0 radical (unpaired) electrons. The Kier molecular flexibility index (Phi) is 4.45. The van der Waals surface area contributed by atoms with Crippen LogP contribution in [0.1, 0.15) is 19.0 Å². The van der Waals surface area contributed by atoms with E-state index in [1.165, 1.54) is 19.1 Å². The largest absolute Gasteiger partial charge is 0.480 e. The molecule has 1 atom stereocenters. The molecular weight excluding hydrogens is 244 g/mol. The maximum absolute atomic E-state index is 10.8. The van der Waals surface area contributed by atoms with Crippen molar-refractivity contribution in [2.75, 3.05) is 0 Å². The first-order valence-electron chi connectivity index (χ1n) is 4.97. The van der Waals surface area contributed by atoms with E-state index >= 15 is 0 Å². The molecule has 0 fully saturated rings. The summed E-state index contributed by atoms with van der Waals surface area (Å²) in [6, 6.07) is 2.82. The maximum atomic E-state index is 10.8. The summed E-state index contributed by atoms with van der Waals surface area (Å²) in [7, 11) is 0. The Morgan fingerprint density at radius 2 is 2.29 bits per heavy atom. The Morgan fingerprint density at radius 1 is 1.65 bits per heavy atom. The van der Waals surface area contributed by atoms with Crippen LogP contribution in [0, 0.1) is 17.0 Å². The molecule has 7 heteroatoms. The Balaban J connectivity index is 2.90. The number of thioether (sulfide) groups is 1. The fraction of sp³-hybridized carbons (Fsp3) is 0.400. The minimum Gasteiger partial charge on any atom is -0.480 e. The molecule has 0 saturated carbocycles. The highest BCUT2D eigenvalue weighted by molar-refractivity contribution is 8.00. The van der Waals surface area contributed by atoms with Gasteiger partial charge < -0.3 is 5.11 Å². The van der Waals surface area contributed by atoms with Crippen LogP contribution in [0.5, 0.6) is 0 Å². The van der Waals surface area contributed by atoms with E-state index in [1.54, 1.807) is 6.92 Å². The van der Waals surface area contributed by atoms with Gasteiger partial charge in [-0.2, -0.15) is 0 Å². The number of carbonyl (C=O) groups is 1. The lowest BCUT2D eigenvalue weighted by Crippen LogP contribution is -2.15. The summed E-state index contributed by atoms with van der Waals surface area (Å²) in [6.07, 6.45) is 0.470. The summed E-state index contributed by atoms with van der Waals surface area (Å²) in [5, 5.41) is 19.4. The van der Waals surface area contributed by atoms with Crippen molar-refractivity contribution in [3.8, 4) is 0 Å². The van der Waals surface area contributed by atoms with Crippen molar-refractivity contribution in [3.63, 3.8) is 0 Å². The molecule has 1 aromatic rings. The van der Waals surface area contributed by atoms with Crippen molar-refractivity contribution in [1.82, 2.24) is 4.98 Å². The van der Waals surface area contributed by atoms with Gasteiger partial charge in [-0.1, -0.05) is 18.7 Å². The van der Waals surface area contributed by atoms with Gasteiger partial charge in [0.05, 0.1) is 9.95 Å². The third-order valence-corrected chi connectivity index (χ3v) is 3.43. The number of aryl methyl sites for hydroxylation is 1. The third kappa shape index (κ3) is 3.42. The minimum absolute atomic E-state index is 0.0577. The first-order chi connectivity index (χ1) is 7.95. The smallest absolute Gasteiger partial charge is 0.317 e. The molecule has 0 aliphatic rings. The van der Waals surface area contributed by atoms with Crippen molar-refractivity contribution in [2.45, 2.75) is 30.5 Å². The van der Waals surface area contributed by atoms with E-state index in [0.717, 1.165) is 11.8 Å². The van der Waals surface area contributed by atoms with Crippen LogP contribution in [-0.4, -0.2) is 26.2 Å². The molecule has 0 aliphatic carbocycles. The van der Waals surface area contributed by atoms with Gasteiger partial charge in [-0.25, -0.2) is 4.98 Å². The van der Waals surface area contributed by atoms with Crippen LogP contribution in [0.3, 0.4) is 0 Å². The number of nitrogens with zero attached hydrogens (tertiary/aromatic N) is 2. The molecule has 17 heavy (non-hydrogen) atoms. The highest BCUT2D eigenvalue weighted by Crippen LogP contribution is 2.26. The molecule has 0 amide bonds. The summed E-state index contributed by atoms with van der Waals surface area (Å²) in [4.78, 5) is 24.9. The summed E-state index contributed by atoms with van der Waals surface area (Å²) in [5.41, 5.74) is 0.234. The second kappa shape index (κ2) is 5.62. The van der Waals surface area contributed by atoms with Gasteiger partial charge in [-0.05, 0) is 19.4 Å². The molecule has 0 aliphatic heterocycles. The summed E-state index contributed by atoms with van der Waals surface area (Å²) in [5.74, 6) is -0.907. The van der Waals surface area contributed by atoms with Gasteiger partial charge in [0.15, 0.2) is 0 Å². The second-order valence-electron chi connectivity index (χ2n) is 3.36. The number of aliphatic carboxylic acids is 1. The van der Waals surface area contributed by atoms with Crippen LogP contribution in [0.15, 0.2) is 17.2 Å². The lowest BCUT2D eigenvalue weighted by molar-refractivity contribution is -0.385. The van der Waals surface area contributed by atoms with E-state index in [9.17, 15) is 14.9 Å². The van der Waals surface area contributed by atoms with E-state index in [1.807, 2.05) is 0 Å². The fourth-order valence-electron chi connectivity index (χ4n) is 1.24. The second-order valence-corrected chi connectivity index (χ2v) is 4.59. The van der Waals surface area contributed by atoms with Crippen molar-refractivity contribution in [2.24, 2.45) is 0 Å². The Bertz CT molecular complexity index is 450. The molecule has 6 nitrogen and oxygen atoms in total. The third-order valence-electron chi connectivity index (χ3n) is 2.14. The van der Waals surface area contributed by atoms with Gasteiger partial charge in [0.2, 0.25) is 0 Å². The summed E-state index contributed by atoms with van der Waals surface area (Å²) < 4.78 is 0. The molecule has 92 valence electrons. The van der Waals surface area contributed by atoms with Crippen LogP contribution in [0.4, 0.5) is 5.69 Å². The van der Waals surface area contributed by atoms with Crippen molar-refractivity contribution < 1.29 is 14.8 Å². The van der Waals surface area contributed by atoms with E-state index in [4.69, 9.17) is 5.11 Å². The number of hydrogen-bond acceptors (Lipinski definition) is 5. The SMILES string of the molecule is CCC(Sc1ccc([N+](=O)[O-])c(C)n1)C(=O)O. The molecule has 1 rings (SSSR count). The first kappa shape index (κ1) is 13.4. The zero-order valence-electron chi connectivity index (χ0n) is 9.41. The zero-order valence-corrected chi connectivity index (χ0v) is 10.2. The van der Waals surface area contributed by atoms with Crippen molar-refractivity contribution >= 4 is 23.4 Å². The van der Waals surface area contributed by atoms with Gasteiger partial charge in [-0.15, -0.1) is 0 Å². The van der Waals surface area contributed by atoms with Gasteiger partial charge >= 0.3 is 5.97 Å². The average molecular weight is 256 g/mol. The molecular formula is C10H12N2O4S. The molecule has 1 unspecified atom stereocenters. The molecule has 1 aromatic heterocycles. The first-order valence-corrected chi connectivity index (χ1v) is 5.85. The van der Waals surface area contributed by atoms with Crippen LogP contribution in [-0.2, 0) is 4.79 Å². The van der Waals surface area contributed by atoms with Gasteiger partial charge in [0.25, 0.3) is 5.69 Å². The molecule has 0 bridgehead atoms. The number of hydrogen-bond donors (Lipinski definition) is 1. The van der Waals surface area contributed by atoms with Gasteiger partial charge in [0.1, 0.15) is 10.9 Å². The van der Waals surface area contributed by atoms with Crippen LogP contribution in [0.2, 0.25) is 0 Å². The number of carboxylic acid groups (broad SMARTS) is 1. The summed E-state index contributed by atoms with van der Waals surface area (Å²) in [6.45, 7) is 3.30. The fourth-order valence-corrected chi connectivity index (χ4v) is 2.14. The predicted octanol–water partition coefficient (Wildman–Crippen LogP) is 2.25. The van der Waals surface area contributed by atoms with Crippen LogP contribution < -0.4 is 0 Å². The summed E-state index contributed by atoms with van der Waals surface area (Å²) >= 11 is 1.10. The Hall–Kier alpha value is -1.63. The topological polar surface area (TPSA) is 93.3 Å². The lowest BCUT2D eigenvalue weighted by Gasteiger charge is -2.08. The molecule has 1 heterocycles. The van der Waals surface area contributed by atoms with Crippen LogP contribution in [0.25, 0.3) is 0 Å². The van der Waals surface area contributed by atoms with Crippen molar-refractivity contribution in [1.29, 1.82) is 0 Å². The highest BCUT2D eigenvalue weighted by atomic mass is 32.2. The standard InChI is InChI=1S/C10H12N2O4S/c1-3-8(10(13)14)17-9-5-4-7(12(15)16)6(2)11-9/h4-5,8H,3H2,1-2H3,(H,13,14).